The zero-order valence-electron chi connectivity index (χ0n) is 14.4. The summed E-state index contributed by atoms with van der Waals surface area (Å²) in [6.45, 7) is 1.74. The summed E-state index contributed by atoms with van der Waals surface area (Å²) in [6, 6.07) is 4.07. The van der Waals surface area contributed by atoms with Gasteiger partial charge in [0, 0.05) is 45.6 Å². The van der Waals surface area contributed by atoms with Crippen molar-refractivity contribution < 1.29 is 9.21 Å². The molecule has 0 radical (unpaired) electrons. The van der Waals surface area contributed by atoms with Crippen molar-refractivity contribution in [3.63, 3.8) is 0 Å². The Morgan fingerprint density at radius 3 is 2.84 bits per heavy atom. The van der Waals surface area contributed by atoms with Crippen LogP contribution < -0.4 is 4.90 Å². The number of aromatic nitrogens is 3. The van der Waals surface area contributed by atoms with Crippen molar-refractivity contribution in [2.75, 3.05) is 25.0 Å². The number of pyridine rings is 1. The first-order valence-corrected chi connectivity index (χ1v) is 8.46. The molecule has 1 aliphatic heterocycles. The Hall–Kier alpha value is -2.83. The van der Waals surface area contributed by atoms with Gasteiger partial charge in [-0.1, -0.05) is 0 Å². The molecule has 0 spiro atoms. The van der Waals surface area contributed by atoms with Crippen LogP contribution in [-0.4, -0.2) is 51.8 Å². The van der Waals surface area contributed by atoms with Crippen LogP contribution >= 0.6 is 0 Å². The van der Waals surface area contributed by atoms with Gasteiger partial charge in [0.1, 0.15) is 11.4 Å². The van der Waals surface area contributed by atoms with Gasteiger partial charge in [0.15, 0.2) is 0 Å². The molecule has 3 aromatic rings. The second-order valence-electron chi connectivity index (χ2n) is 6.50. The van der Waals surface area contributed by atoms with Crippen LogP contribution in [-0.2, 0) is 7.05 Å². The molecule has 0 saturated carbocycles. The van der Waals surface area contributed by atoms with Crippen LogP contribution in [0.25, 0.3) is 11.0 Å². The normalized spacial score (nSPS) is 15.7. The summed E-state index contributed by atoms with van der Waals surface area (Å²) in [7, 11) is 3.70. The SMILES string of the molecule is CN(C(=O)c1cnn(C)c1)C1CCN(c2nccc3occc23)CC1. The van der Waals surface area contributed by atoms with Gasteiger partial charge in [-0.3, -0.25) is 9.48 Å². The first kappa shape index (κ1) is 15.7. The number of anilines is 1. The molecule has 3 aromatic heterocycles. The molecule has 0 aliphatic carbocycles. The van der Waals surface area contributed by atoms with Crippen LogP contribution in [0.5, 0.6) is 0 Å². The van der Waals surface area contributed by atoms with Crippen molar-refractivity contribution in [3.8, 4) is 0 Å². The Bertz CT molecular complexity index is 892. The van der Waals surface area contributed by atoms with Gasteiger partial charge in [-0.2, -0.15) is 5.10 Å². The monoisotopic (exact) mass is 339 g/mol. The summed E-state index contributed by atoms with van der Waals surface area (Å²) in [5, 5.41) is 5.13. The van der Waals surface area contributed by atoms with E-state index in [2.05, 4.69) is 15.0 Å². The highest BCUT2D eigenvalue weighted by molar-refractivity contribution is 5.93. The smallest absolute Gasteiger partial charge is 0.257 e. The molecule has 1 fully saturated rings. The van der Waals surface area contributed by atoms with Gasteiger partial charge in [0.2, 0.25) is 0 Å². The summed E-state index contributed by atoms with van der Waals surface area (Å²) >= 11 is 0. The van der Waals surface area contributed by atoms with Gasteiger partial charge < -0.3 is 14.2 Å². The molecular weight excluding hydrogens is 318 g/mol. The van der Waals surface area contributed by atoms with Gasteiger partial charge >= 0.3 is 0 Å². The molecule has 0 atom stereocenters. The number of piperidine rings is 1. The van der Waals surface area contributed by atoms with Gasteiger partial charge in [-0.25, -0.2) is 4.98 Å². The van der Waals surface area contributed by atoms with E-state index in [-0.39, 0.29) is 11.9 Å². The third-order valence-electron chi connectivity index (χ3n) is 4.94. The van der Waals surface area contributed by atoms with E-state index in [1.165, 1.54) is 0 Å². The molecule has 0 N–H and O–H groups in total. The van der Waals surface area contributed by atoms with Crippen LogP contribution in [0.3, 0.4) is 0 Å². The van der Waals surface area contributed by atoms with Crippen LogP contribution in [0.4, 0.5) is 5.82 Å². The molecular formula is C18H21N5O2. The lowest BCUT2D eigenvalue weighted by Crippen LogP contribution is -2.45. The zero-order chi connectivity index (χ0) is 17.4. The van der Waals surface area contributed by atoms with Crippen LogP contribution in [0.2, 0.25) is 0 Å². The number of hydrogen-bond donors (Lipinski definition) is 0. The van der Waals surface area contributed by atoms with Crippen molar-refractivity contribution in [1.29, 1.82) is 0 Å². The Balaban J connectivity index is 1.44. The first-order valence-electron chi connectivity index (χ1n) is 8.46. The Morgan fingerprint density at radius 2 is 2.12 bits per heavy atom. The summed E-state index contributed by atoms with van der Waals surface area (Å²) in [4.78, 5) is 21.2. The third kappa shape index (κ3) is 2.86. The van der Waals surface area contributed by atoms with Crippen molar-refractivity contribution in [2.45, 2.75) is 18.9 Å². The predicted molar refractivity (Wildman–Crippen MR) is 94.5 cm³/mol. The maximum Gasteiger partial charge on any atom is 0.257 e. The minimum Gasteiger partial charge on any atom is -0.464 e. The van der Waals surface area contributed by atoms with E-state index in [0.29, 0.717) is 5.56 Å². The van der Waals surface area contributed by atoms with E-state index in [9.17, 15) is 4.79 Å². The molecule has 1 saturated heterocycles. The fraction of sp³-hybridized carbons (Fsp3) is 0.389. The van der Waals surface area contributed by atoms with Crippen LogP contribution in [0.1, 0.15) is 23.2 Å². The summed E-state index contributed by atoms with van der Waals surface area (Å²) in [6.07, 6.45) is 8.69. The van der Waals surface area contributed by atoms with E-state index in [1.807, 2.05) is 31.1 Å². The standard InChI is InChI=1S/C18H21N5O2/c1-21-12-13(11-20-21)18(24)22(2)14-4-8-23(9-5-14)17-15-6-10-25-16(15)3-7-19-17/h3,6-7,10-12,14H,4-5,8-9H2,1-2H3. The third-order valence-corrected chi connectivity index (χ3v) is 4.94. The fourth-order valence-corrected chi connectivity index (χ4v) is 3.50. The van der Waals surface area contributed by atoms with Crippen LogP contribution in [0, 0.1) is 0 Å². The second kappa shape index (κ2) is 6.23. The quantitative estimate of drug-likeness (QED) is 0.732. The van der Waals surface area contributed by atoms with Crippen LogP contribution in [0.15, 0.2) is 41.4 Å². The molecule has 130 valence electrons. The highest BCUT2D eigenvalue weighted by Gasteiger charge is 2.27. The molecule has 0 aromatic carbocycles. The molecule has 0 unspecified atom stereocenters. The van der Waals surface area contributed by atoms with E-state index in [4.69, 9.17) is 4.42 Å². The van der Waals surface area contributed by atoms with E-state index in [1.54, 1.807) is 29.5 Å². The molecule has 7 heteroatoms. The molecule has 1 aliphatic rings. The highest BCUT2D eigenvalue weighted by atomic mass is 16.3. The lowest BCUT2D eigenvalue weighted by atomic mass is 10.0. The van der Waals surface area contributed by atoms with E-state index < -0.39 is 0 Å². The predicted octanol–water partition coefficient (Wildman–Crippen LogP) is 2.30. The van der Waals surface area contributed by atoms with E-state index >= 15 is 0 Å². The van der Waals surface area contributed by atoms with Crippen molar-refractivity contribution in [2.24, 2.45) is 7.05 Å². The first-order chi connectivity index (χ1) is 12.1. The summed E-state index contributed by atoms with van der Waals surface area (Å²) < 4.78 is 7.12. The number of aryl methyl sites for hydroxylation is 1. The zero-order valence-corrected chi connectivity index (χ0v) is 14.4. The average Bonchev–Trinajstić information content (AvgIpc) is 3.29. The average molecular weight is 339 g/mol. The summed E-state index contributed by atoms with van der Waals surface area (Å²) in [5.41, 5.74) is 1.49. The minimum atomic E-state index is 0.0293. The number of rotatable bonds is 3. The lowest BCUT2D eigenvalue weighted by Gasteiger charge is -2.37. The number of carbonyl (C=O) groups is 1. The highest BCUT2D eigenvalue weighted by Crippen LogP contribution is 2.28. The van der Waals surface area contributed by atoms with E-state index in [0.717, 1.165) is 42.7 Å². The molecule has 25 heavy (non-hydrogen) atoms. The molecule has 7 nitrogen and oxygen atoms in total. The number of amides is 1. The van der Waals surface area contributed by atoms with Crippen molar-refractivity contribution >= 4 is 22.7 Å². The minimum absolute atomic E-state index is 0.0293. The van der Waals surface area contributed by atoms with Gasteiger partial charge in [0.05, 0.1) is 23.4 Å². The number of furan rings is 1. The van der Waals surface area contributed by atoms with Gasteiger partial charge in [-0.05, 0) is 25.0 Å². The van der Waals surface area contributed by atoms with Crippen molar-refractivity contribution in [1.82, 2.24) is 19.7 Å². The lowest BCUT2D eigenvalue weighted by molar-refractivity contribution is 0.0709. The van der Waals surface area contributed by atoms with Gasteiger partial charge in [0.25, 0.3) is 5.91 Å². The molecule has 4 rings (SSSR count). The maximum absolute atomic E-state index is 12.6. The number of fused-ring (bicyclic) bond motifs is 1. The Morgan fingerprint density at radius 1 is 1.32 bits per heavy atom. The number of carbonyl (C=O) groups excluding carboxylic acids is 1. The molecule has 4 heterocycles. The fourth-order valence-electron chi connectivity index (χ4n) is 3.50. The maximum atomic E-state index is 12.6. The topological polar surface area (TPSA) is 67.4 Å². The second-order valence-corrected chi connectivity index (χ2v) is 6.50. The molecule has 0 bridgehead atoms. The number of nitrogens with zero attached hydrogens (tertiary/aromatic N) is 5. The molecule has 1 amide bonds. The summed E-state index contributed by atoms with van der Waals surface area (Å²) in [5.74, 6) is 0.993. The Kier molecular flexibility index (Phi) is 3.91. The van der Waals surface area contributed by atoms with Crippen molar-refractivity contribution in [3.05, 3.63) is 42.5 Å². The number of hydrogen-bond acceptors (Lipinski definition) is 5. The largest absolute Gasteiger partial charge is 0.464 e. The Labute approximate surface area is 145 Å². The van der Waals surface area contributed by atoms with Gasteiger partial charge in [-0.15, -0.1) is 0 Å².